The third-order valence-electron chi connectivity index (χ3n) is 8.21. The number of hydrogen-bond donors (Lipinski definition) is 0. The molecule has 10 nitrogen and oxygen atoms in total. The molecule has 2 aliphatic heterocycles. The molecule has 2 aliphatic rings. The van der Waals surface area contributed by atoms with Gasteiger partial charge in [0.2, 0.25) is 0 Å². The molecule has 0 radical (unpaired) electrons. The zero-order chi connectivity index (χ0) is 31.3. The second-order valence-corrected chi connectivity index (χ2v) is 13.9. The van der Waals surface area contributed by atoms with Crippen LogP contribution in [0, 0.1) is 18.3 Å². The van der Waals surface area contributed by atoms with Crippen molar-refractivity contribution in [2.24, 2.45) is 0 Å². The third-order valence-corrected chi connectivity index (χ3v) is 9.43. The third kappa shape index (κ3) is 5.88. The van der Waals surface area contributed by atoms with Crippen molar-refractivity contribution in [1.82, 2.24) is 9.13 Å². The Morgan fingerprint density at radius 1 is 1.14 bits per heavy atom. The maximum Gasteiger partial charge on any atom is 0.333 e. The maximum atomic E-state index is 14.4. The lowest BCUT2D eigenvalue weighted by atomic mass is 10.0. The van der Waals surface area contributed by atoms with Crippen molar-refractivity contribution in [2.45, 2.75) is 109 Å². The van der Waals surface area contributed by atoms with E-state index < -0.39 is 34.5 Å². The number of aryl methyl sites for hydroxylation is 1. The summed E-state index contributed by atoms with van der Waals surface area (Å²) < 4.78 is 26.6. The number of nitriles is 1. The second kappa shape index (κ2) is 11.6. The van der Waals surface area contributed by atoms with Crippen LogP contribution < -0.4 is 16.0 Å². The minimum Gasteiger partial charge on any atom is -0.496 e. The molecule has 43 heavy (non-hydrogen) atoms. The van der Waals surface area contributed by atoms with Crippen molar-refractivity contribution in [3.63, 3.8) is 0 Å². The molecule has 4 heterocycles. The van der Waals surface area contributed by atoms with Gasteiger partial charge in [-0.2, -0.15) is 5.26 Å². The van der Waals surface area contributed by atoms with Crippen LogP contribution in [0.25, 0.3) is 10.2 Å². The minimum absolute atomic E-state index is 0.0257. The number of para-hydroxylation sites is 1. The van der Waals surface area contributed by atoms with E-state index in [4.69, 9.17) is 18.9 Å². The smallest absolute Gasteiger partial charge is 0.333 e. The Bertz CT molecular complexity index is 1690. The number of benzene rings is 1. The summed E-state index contributed by atoms with van der Waals surface area (Å²) in [5.41, 5.74) is -2.58. The van der Waals surface area contributed by atoms with Gasteiger partial charge in [-0.15, -0.1) is 11.3 Å². The van der Waals surface area contributed by atoms with Crippen molar-refractivity contribution in [3.05, 3.63) is 61.1 Å². The van der Waals surface area contributed by atoms with Crippen molar-refractivity contribution in [2.75, 3.05) is 7.11 Å². The Balaban J connectivity index is 1.69. The molecule has 230 valence electrons. The van der Waals surface area contributed by atoms with Gasteiger partial charge in [0.05, 0.1) is 37.4 Å². The predicted octanol–water partition coefficient (Wildman–Crippen LogP) is 4.96. The number of ether oxygens (including phenoxy) is 4. The minimum atomic E-state index is -1.64. The van der Waals surface area contributed by atoms with Crippen LogP contribution in [0.3, 0.4) is 0 Å². The first-order chi connectivity index (χ1) is 20.2. The fraction of sp³-hybridized carbons (Fsp3) is 0.562. The summed E-state index contributed by atoms with van der Waals surface area (Å²) in [6.07, 6.45) is 3.04. The molecule has 0 aliphatic carbocycles. The van der Waals surface area contributed by atoms with Crippen molar-refractivity contribution in [1.29, 1.82) is 5.26 Å². The van der Waals surface area contributed by atoms with Gasteiger partial charge in [-0.25, -0.2) is 14.2 Å². The number of carbonyl (C=O) groups excluding carboxylic acids is 1. The first-order valence-electron chi connectivity index (χ1n) is 14.6. The molecule has 1 aromatic carbocycles. The van der Waals surface area contributed by atoms with Gasteiger partial charge in [-0.05, 0) is 78.9 Å². The Hall–Kier alpha value is -3.46. The average Bonchev–Trinajstić information content (AvgIpc) is 3.46. The molecular weight excluding hydrogens is 570 g/mol. The highest BCUT2D eigenvalue weighted by Crippen LogP contribution is 2.38. The van der Waals surface area contributed by atoms with Gasteiger partial charge < -0.3 is 18.9 Å². The second-order valence-electron chi connectivity index (χ2n) is 12.9. The highest BCUT2D eigenvalue weighted by atomic mass is 32.1. The van der Waals surface area contributed by atoms with Crippen molar-refractivity contribution in [3.8, 4) is 11.8 Å². The number of thiophene rings is 1. The summed E-state index contributed by atoms with van der Waals surface area (Å²) in [5, 5.41) is 10.1. The van der Waals surface area contributed by atoms with E-state index in [2.05, 4.69) is 6.07 Å². The molecule has 0 N–H and O–H groups in total. The molecule has 0 saturated carbocycles. The number of rotatable bonds is 8. The van der Waals surface area contributed by atoms with Crippen LogP contribution in [0.1, 0.15) is 82.4 Å². The zero-order valence-corrected chi connectivity index (χ0v) is 26.6. The number of nitrogens with zero attached hydrogens (tertiary/aromatic N) is 3. The van der Waals surface area contributed by atoms with Crippen LogP contribution in [0.15, 0.2) is 33.9 Å². The van der Waals surface area contributed by atoms with Gasteiger partial charge >= 0.3 is 11.7 Å². The molecule has 3 atom stereocenters. The Morgan fingerprint density at radius 2 is 1.79 bits per heavy atom. The van der Waals surface area contributed by atoms with E-state index in [0.29, 0.717) is 21.0 Å². The van der Waals surface area contributed by atoms with Crippen LogP contribution in [-0.4, -0.2) is 46.1 Å². The fourth-order valence-electron chi connectivity index (χ4n) is 6.07. The van der Waals surface area contributed by atoms with Crippen LogP contribution in [0.5, 0.6) is 5.75 Å². The van der Waals surface area contributed by atoms with E-state index in [-0.39, 0.29) is 30.2 Å². The van der Waals surface area contributed by atoms with E-state index in [9.17, 15) is 19.6 Å². The van der Waals surface area contributed by atoms with Gasteiger partial charge in [-0.3, -0.25) is 9.36 Å². The summed E-state index contributed by atoms with van der Waals surface area (Å²) in [7, 11) is 1.58. The van der Waals surface area contributed by atoms with Crippen LogP contribution in [0.4, 0.5) is 0 Å². The first kappa shape index (κ1) is 31.0. The molecular formula is C32H39N3O7S. The van der Waals surface area contributed by atoms with Crippen molar-refractivity contribution < 1.29 is 23.7 Å². The number of fused-ring (bicyclic) bond motifs is 3. The van der Waals surface area contributed by atoms with E-state index in [1.54, 1.807) is 34.8 Å². The molecule has 2 aromatic heterocycles. The summed E-state index contributed by atoms with van der Waals surface area (Å²) in [4.78, 5) is 42.5. The Morgan fingerprint density at radius 3 is 2.40 bits per heavy atom. The van der Waals surface area contributed by atoms with Gasteiger partial charge in [-0.1, -0.05) is 18.2 Å². The number of carbonyl (C=O) groups is 1. The van der Waals surface area contributed by atoms with Gasteiger partial charge in [0.1, 0.15) is 38.8 Å². The monoisotopic (exact) mass is 609 g/mol. The molecule has 3 aromatic rings. The molecule has 11 heteroatoms. The van der Waals surface area contributed by atoms with E-state index >= 15 is 0 Å². The Labute approximate surface area is 254 Å². The van der Waals surface area contributed by atoms with Gasteiger partial charge in [0.15, 0.2) is 0 Å². The lowest BCUT2D eigenvalue weighted by molar-refractivity contribution is -0.164. The predicted molar refractivity (Wildman–Crippen MR) is 163 cm³/mol. The van der Waals surface area contributed by atoms with E-state index in [1.807, 2.05) is 24.3 Å². The number of hydrogen-bond acceptors (Lipinski definition) is 9. The molecule has 2 bridgehead atoms. The highest BCUT2D eigenvalue weighted by Gasteiger charge is 2.40. The lowest BCUT2D eigenvalue weighted by Gasteiger charge is -2.33. The normalized spacial score (nSPS) is 21.0. The number of aromatic nitrogens is 2. The average molecular weight is 610 g/mol. The summed E-state index contributed by atoms with van der Waals surface area (Å²) in [5.74, 6) is -0.108. The number of methoxy groups -OCH3 is 1. The summed E-state index contributed by atoms with van der Waals surface area (Å²) >= 11 is 1.09. The van der Waals surface area contributed by atoms with Crippen LogP contribution in [0.2, 0.25) is 0 Å². The SMILES string of the molecule is COc1ccccc1[C@H](Cn1c(=O)n(C(C)(C)C(=O)OC(C)(C)C)c(=O)c2c(C)c(C#N)sc21)OC1C[C@H]2CC[C@H](C1)O2. The van der Waals surface area contributed by atoms with Crippen LogP contribution >= 0.6 is 11.3 Å². The maximum absolute atomic E-state index is 14.4. The highest BCUT2D eigenvalue weighted by molar-refractivity contribution is 7.19. The lowest BCUT2D eigenvalue weighted by Crippen LogP contribution is -2.54. The molecule has 2 saturated heterocycles. The summed E-state index contributed by atoms with van der Waals surface area (Å²) in [6, 6.07) is 9.65. The van der Waals surface area contributed by atoms with Gasteiger partial charge in [0, 0.05) is 5.56 Å². The van der Waals surface area contributed by atoms with Gasteiger partial charge in [0.25, 0.3) is 5.56 Å². The van der Waals surface area contributed by atoms with E-state index in [1.165, 1.54) is 18.4 Å². The molecule has 5 rings (SSSR count). The van der Waals surface area contributed by atoms with Crippen LogP contribution in [-0.2, 0) is 31.1 Å². The first-order valence-corrected chi connectivity index (χ1v) is 15.4. The largest absolute Gasteiger partial charge is 0.496 e. The Kier molecular flexibility index (Phi) is 8.33. The molecule has 0 unspecified atom stereocenters. The van der Waals surface area contributed by atoms with Crippen molar-refractivity contribution >= 4 is 27.5 Å². The zero-order valence-electron chi connectivity index (χ0n) is 25.8. The van der Waals surface area contributed by atoms with E-state index in [0.717, 1.165) is 47.2 Å². The fourth-order valence-corrected chi connectivity index (χ4v) is 7.17. The summed E-state index contributed by atoms with van der Waals surface area (Å²) in [6.45, 7) is 9.89. The molecule has 0 spiro atoms. The topological polar surface area (TPSA) is 122 Å². The molecule has 0 amide bonds. The quantitative estimate of drug-likeness (QED) is 0.329. The number of esters is 1. The molecule has 2 fully saturated rings. The standard InChI is InChI=1S/C32H39N3O7S/c1-18-25(16-33)43-28-26(18)27(36)35(32(5,6)29(37)42-31(2,3)4)30(38)34(28)17-24(22-10-8-9-11-23(22)39-7)41-21-14-19-12-13-20(15-21)40-19/h8-11,19-21,24H,12-15,17H2,1-7H3/t19-,20-,24+/m1/s1.